The molecule has 2 rings (SSSR count). The summed E-state index contributed by atoms with van der Waals surface area (Å²) >= 11 is 12.1. The Hall–Kier alpha value is -0.970. The number of hydrogen-bond acceptors (Lipinski definition) is 3. The van der Waals surface area contributed by atoms with E-state index in [1.165, 1.54) is 12.8 Å². The van der Waals surface area contributed by atoms with Gasteiger partial charge in [0, 0.05) is 11.7 Å². The first-order valence-corrected chi connectivity index (χ1v) is 7.55. The zero-order chi connectivity index (χ0) is 14.7. The molecule has 1 saturated carbocycles. The van der Waals surface area contributed by atoms with Crippen LogP contribution in [0.3, 0.4) is 0 Å². The lowest BCUT2D eigenvalue weighted by molar-refractivity contribution is -0.117. The van der Waals surface area contributed by atoms with Crippen LogP contribution in [-0.4, -0.2) is 29.9 Å². The van der Waals surface area contributed by atoms with Gasteiger partial charge in [-0.3, -0.25) is 9.69 Å². The number of nitrogens with one attached hydrogen (secondary N) is 1. The van der Waals surface area contributed by atoms with E-state index in [0.717, 1.165) is 13.0 Å². The molecule has 0 spiro atoms. The highest BCUT2D eigenvalue weighted by molar-refractivity contribution is 6.40. The van der Waals surface area contributed by atoms with Crippen LogP contribution in [0.25, 0.3) is 0 Å². The monoisotopic (exact) mass is 315 g/mol. The number of halogens is 2. The molecule has 0 bridgehead atoms. The van der Waals surface area contributed by atoms with Crippen LogP contribution in [0.2, 0.25) is 10.0 Å². The molecule has 110 valence electrons. The van der Waals surface area contributed by atoms with Gasteiger partial charge in [0.1, 0.15) is 0 Å². The van der Waals surface area contributed by atoms with Gasteiger partial charge in [-0.2, -0.15) is 0 Å². The second-order valence-corrected chi connectivity index (χ2v) is 5.92. The minimum Gasteiger partial charge on any atom is -0.399 e. The molecule has 0 aromatic heterocycles. The van der Waals surface area contributed by atoms with E-state index in [9.17, 15) is 4.79 Å². The summed E-state index contributed by atoms with van der Waals surface area (Å²) in [5.74, 6) is -0.0982. The molecule has 1 fully saturated rings. The van der Waals surface area contributed by atoms with Gasteiger partial charge in [0.25, 0.3) is 0 Å². The first-order chi connectivity index (χ1) is 9.51. The van der Waals surface area contributed by atoms with Crippen molar-refractivity contribution in [1.82, 2.24) is 4.90 Å². The fourth-order valence-electron chi connectivity index (χ4n) is 2.19. The highest BCUT2D eigenvalue weighted by Gasteiger charge is 2.29. The Morgan fingerprint density at radius 2 is 2.00 bits per heavy atom. The molecule has 1 aromatic carbocycles. The quantitative estimate of drug-likeness (QED) is 0.791. The Labute approximate surface area is 129 Å². The molecule has 6 heteroatoms. The van der Waals surface area contributed by atoms with Crippen LogP contribution in [0.4, 0.5) is 11.4 Å². The standard InChI is InChI=1S/C14H19Cl2N3O/c1-2-5-19(10-3-4-10)8-13(20)18-14-11(15)6-9(17)7-12(14)16/h6-7,10H,2-5,8,17H2,1H3,(H,18,20). The number of rotatable bonds is 6. The Morgan fingerprint density at radius 3 is 2.50 bits per heavy atom. The van der Waals surface area contributed by atoms with E-state index in [1.807, 2.05) is 0 Å². The third kappa shape index (κ3) is 4.01. The minimum atomic E-state index is -0.0982. The molecule has 1 aliphatic rings. The van der Waals surface area contributed by atoms with Gasteiger partial charge in [0.15, 0.2) is 0 Å². The van der Waals surface area contributed by atoms with E-state index in [-0.39, 0.29) is 5.91 Å². The highest BCUT2D eigenvalue weighted by Crippen LogP contribution is 2.33. The number of nitrogens with zero attached hydrogens (tertiary/aromatic N) is 1. The van der Waals surface area contributed by atoms with Gasteiger partial charge in [-0.05, 0) is 37.9 Å². The second kappa shape index (κ2) is 6.66. The average Bonchev–Trinajstić information content (AvgIpc) is 3.17. The Bertz CT molecular complexity index is 480. The first kappa shape index (κ1) is 15.4. The first-order valence-electron chi connectivity index (χ1n) is 6.79. The van der Waals surface area contributed by atoms with Crippen molar-refractivity contribution in [1.29, 1.82) is 0 Å². The minimum absolute atomic E-state index is 0.0982. The molecular formula is C14H19Cl2N3O. The zero-order valence-corrected chi connectivity index (χ0v) is 13.0. The number of carbonyl (C=O) groups excluding carboxylic acids is 1. The number of hydrogen-bond donors (Lipinski definition) is 2. The van der Waals surface area contributed by atoms with Crippen molar-refractivity contribution < 1.29 is 4.79 Å². The molecule has 1 aliphatic carbocycles. The fraction of sp³-hybridized carbons (Fsp3) is 0.500. The summed E-state index contributed by atoms with van der Waals surface area (Å²) in [6, 6.07) is 3.71. The topological polar surface area (TPSA) is 58.4 Å². The number of anilines is 2. The van der Waals surface area contributed by atoms with Gasteiger partial charge in [0.05, 0.1) is 22.3 Å². The summed E-state index contributed by atoms with van der Waals surface area (Å²) in [6.07, 6.45) is 3.39. The van der Waals surface area contributed by atoms with Crippen molar-refractivity contribution in [2.45, 2.75) is 32.2 Å². The normalized spacial score (nSPS) is 14.6. The van der Waals surface area contributed by atoms with Crippen molar-refractivity contribution in [3.8, 4) is 0 Å². The predicted octanol–water partition coefficient (Wildman–Crippen LogP) is 3.39. The molecule has 0 heterocycles. The molecule has 0 aliphatic heterocycles. The molecule has 0 saturated heterocycles. The van der Waals surface area contributed by atoms with Gasteiger partial charge < -0.3 is 11.1 Å². The van der Waals surface area contributed by atoms with Crippen LogP contribution < -0.4 is 11.1 Å². The second-order valence-electron chi connectivity index (χ2n) is 5.11. The van der Waals surface area contributed by atoms with Gasteiger partial charge >= 0.3 is 0 Å². The summed E-state index contributed by atoms with van der Waals surface area (Å²) in [7, 11) is 0. The lowest BCUT2D eigenvalue weighted by Crippen LogP contribution is -2.35. The number of amides is 1. The summed E-state index contributed by atoms with van der Waals surface area (Å²) in [5.41, 5.74) is 6.54. The number of nitrogen functional groups attached to an aromatic ring is 1. The van der Waals surface area contributed by atoms with Crippen LogP contribution in [0.15, 0.2) is 12.1 Å². The van der Waals surface area contributed by atoms with E-state index < -0.39 is 0 Å². The Balaban J connectivity index is 2.00. The maximum Gasteiger partial charge on any atom is 0.238 e. The van der Waals surface area contributed by atoms with Gasteiger partial charge in [-0.25, -0.2) is 0 Å². The molecule has 1 aromatic rings. The molecule has 0 atom stereocenters. The van der Waals surface area contributed by atoms with Crippen LogP contribution in [-0.2, 0) is 4.79 Å². The Kier molecular flexibility index (Phi) is 5.13. The molecule has 4 nitrogen and oxygen atoms in total. The van der Waals surface area contributed by atoms with Crippen LogP contribution in [0.1, 0.15) is 26.2 Å². The molecule has 3 N–H and O–H groups in total. The maximum absolute atomic E-state index is 12.1. The van der Waals surface area contributed by atoms with Crippen molar-refractivity contribution >= 4 is 40.5 Å². The van der Waals surface area contributed by atoms with E-state index in [2.05, 4.69) is 17.1 Å². The van der Waals surface area contributed by atoms with E-state index in [4.69, 9.17) is 28.9 Å². The summed E-state index contributed by atoms with van der Waals surface area (Å²) in [6.45, 7) is 3.41. The Morgan fingerprint density at radius 1 is 1.40 bits per heavy atom. The third-order valence-electron chi connectivity index (χ3n) is 3.25. The molecule has 0 radical (unpaired) electrons. The van der Waals surface area contributed by atoms with Gasteiger partial charge in [0.2, 0.25) is 5.91 Å². The average molecular weight is 316 g/mol. The van der Waals surface area contributed by atoms with Crippen molar-refractivity contribution in [3.63, 3.8) is 0 Å². The van der Waals surface area contributed by atoms with E-state index in [0.29, 0.717) is 34.0 Å². The van der Waals surface area contributed by atoms with Crippen LogP contribution >= 0.6 is 23.2 Å². The molecule has 1 amide bonds. The maximum atomic E-state index is 12.1. The largest absolute Gasteiger partial charge is 0.399 e. The number of benzene rings is 1. The number of carbonyl (C=O) groups is 1. The molecular weight excluding hydrogens is 297 g/mol. The highest BCUT2D eigenvalue weighted by atomic mass is 35.5. The van der Waals surface area contributed by atoms with Crippen molar-refractivity contribution in [2.24, 2.45) is 0 Å². The smallest absolute Gasteiger partial charge is 0.238 e. The zero-order valence-electron chi connectivity index (χ0n) is 11.5. The lowest BCUT2D eigenvalue weighted by atomic mass is 10.2. The summed E-state index contributed by atoms with van der Waals surface area (Å²) in [4.78, 5) is 14.3. The van der Waals surface area contributed by atoms with Gasteiger partial charge in [-0.15, -0.1) is 0 Å². The van der Waals surface area contributed by atoms with Crippen LogP contribution in [0.5, 0.6) is 0 Å². The predicted molar refractivity (Wildman–Crippen MR) is 84.4 cm³/mol. The fourth-order valence-corrected chi connectivity index (χ4v) is 2.79. The molecule has 0 unspecified atom stereocenters. The lowest BCUT2D eigenvalue weighted by Gasteiger charge is -2.21. The van der Waals surface area contributed by atoms with E-state index in [1.54, 1.807) is 12.1 Å². The van der Waals surface area contributed by atoms with E-state index >= 15 is 0 Å². The van der Waals surface area contributed by atoms with Crippen molar-refractivity contribution in [2.75, 3.05) is 24.1 Å². The summed E-state index contributed by atoms with van der Waals surface area (Å²) < 4.78 is 0. The summed E-state index contributed by atoms with van der Waals surface area (Å²) in [5, 5.41) is 3.49. The van der Waals surface area contributed by atoms with Gasteiger partial charge in [-0.1, -0.05) is 30.1 Å². The molecule has 20 heavy (non-hydrogen) atoms. The SMILES string of the molecule is CCCN(CC(=O)Nc1c(Cl)cc(N)cc1Cl)C1CC1. The number of nitrogens with two attached hydrogens (primary N) is 1. The van der Waals surface area contributed by atoms with Crippen molar-refractivity contribution in [3.05, 3.63) is 22.2 Å². The van der Waals surface area contributed by atoms with Crippen LogP contribution in [0, 0.1) is 0 Å². The third-order valence-corrected chi connectivity index (χ3v) is 3.85.